The minimum Gasteiger partial charge on any atom is -0.493 e. The van der Waals surface area contributed by atoms with Crippen molar-refractivity contribution in [2.24, 2.45) is 5.92 Å². The van der Waals surface area contributed by atoms with Crippen LogP contribution in [0, 0.1) is 5.92 Å². The number of fused-ring (bicyclic) bond motifs is 1. The predicted octanol–water partition coefficient (Wildman–Crippen LogP) is 3.93. The van der Waals surface area contributed by atoms with Crippen LogP contribution < -0.4 is 9.47 Å². The van der Waals surface area contributed by atoms with Crippen molar-refractivity contribution in [2.45, 2.75) is 31.7 Å². The Labute approximate surface area is 181 Å². The number of likely N-dealkylation sites (tertiary alicyclic amines) is 1. The highest BCUT2D eigenvalue weighted by Crippen LogP contribution is 2.47. The minimum atomic E-state index is -0.477. The van der Waals surface area contributed by atoms with Crippen LogP contribution in [-0.2, 0) is 4.79 Å². The summed E-state index contributed by atoms with van der Waals surface area (Å²) in [5.74, 6) is 1.15. The summed E-state index contributed by atoms with van der Waals surface area (Å²) in [5, 5.41) is 1.99. The van der Waals surface area contributed by atoms with Crippen LogP contribution in [0.15, 0.2) is 29.6 Å². The lowest BCUT2D eigenvalue weighted by Gasteiger charge is -2.42. The fourth-order valence-corrected chi connectivity index (χ4v) is 5.46. The number of rotatable bonds is 4. The molecule has 0 unspecified atom stereocenters. The van der Waals surface area contributed by atoms with Gasteiger partial charge in [0.25, 0.3) is 5.91 Å². The summed E-state index contributed by atoms with van der Waals surface area (Å²) in [6.07, 6.45) is 2.02. The highest BCUT2D eigenvalue weighted by atomic mass is 32.1. The normalized spacial score (nSPS) is 22.1. The Morgan fingerprint density at radius 2 is 1.80 bits per heavy atom. The number of piperidine rings is 1. The minimum absolute atomic E-state index is 0.0770. The Morgan fingerprint density at radius 1 is 1.13 bits per heavy atom. The van der Waals surface area contributed by atoms with Crippen molar-refractivity contribution in [1.82, 2.24) is 9.80 Å². The Balaban J connectivity index is 1.85. The molecule has 6 nitrogen and oxygen atoms in total. The molecule has 0 aliphatic carbocycles. The first-order valence-electron chi connectivity index (χ1n) is 10.3. The molecule has 1 fully saturated rings. The smallest absolute Gasteiger partial charge is 0.254 e. The van der Waals surface area contributed by atoms with E-state index in [1.807, 2.05) is 28.5 Å². The van der Waals surface area contributed by atoms with E-state index in [-0.39, 0.29) is 17.9 Å². The molecule has 1 aromatic carbocycles. The molecule has 30 heavy (non-hydrogen) atoms. The molecule has 2 aliphatic heterocycles. The van der Waals surface area contributed by atoms with Gasteiger partial charge in [-0.3, -0.25) is 9.59 Å². The van der Waals surface area contributed by atoms with Gasteiger partial charge >= 0.3 is 0 Å². The third-order valence-corrected chi connectivity index (χ3v) is 7.31. The Hall–Kier alpha value is -2.54. The molecule has 0 spiro atoms. The maximum atomic E-state index is 13.9. The van der Waals surface area contributed by atoms with Crippen molar-refractivity contribution in [1.29, 1.82) is 0 Å². The zero-order valence-electron chi connectivity index (χ0n) is 17.9. The standard InChI is InChI=1S/C23H28N2O4S/c1-14-7-9-25(10-8-14)23(27)20-15-12-17(28-3)18(29-4)13-16(15)22(26)24(2)21(20)19-6-5-11-30-19/h5-6,11-14,20-21H,7-10H2,1-4H3/t20-,21-/m0/s1. The summed E-state index contributed by atoms with van der Waals surface area (Å²) < 4.78 is 10.9. The van der Waals surface area contributed by atoms with Crippen LogP contribution in [0.2, 0.25) is 0 Å². The zero-order chi connectivity index (χ0) is 21.4. The summed E-state index contributed by atoms with van der Waals surface area (Å²) in [5.41, 5.74) is 1.23. The maximum Gasteiger partial charge on any atom is 0.254 e. The lowest BCUT2D eigenvalue weighted by molar-refractivity contribution is -0.135. The Bertz CT molecular complexity index is 935. The number of thiophene rings is 1. The Kier molecular flexibility index (Phi) is 5.73. The van der Waals surface area contributed by atoms with Crippen molar-refractivity contribution in [3.8, 4) is 11.5 Å². The van der Waals surface area contributed by atoms with E-state index < -0.39 is 5.92 Å². The third kappa shape index (κ3) is 3.45. The summed E-state index contributed by atoms with van der Waals surface area (Å²) in [6, 6.07) is 7.15. The van der Waals surface area contributed by atoms with Crippen LogP contribution >= 0.6 is 11.3 Å². The second-order valence-corrected chi connectivity index (χ2v) is 9.14. The molecule has 3 heterocycles. The first kappa shape index (κ1) is 20.7. The molecule has 0 saturated carbocycles. The van der Waals surface area contributed by atoms with Crippen molar-refractivity contribution in [3.05, 3.63) is 45.6 Å². The fraction of sp³-hybridized carbons (Fsp3) is 0.478. The number of carbonyl (C=O) groups excluding carboxylic acids is 2. The predicted molar refractivity (Wildman–Crippen MR) is 116 cm³/mol. The van der Waals surface area contributed by atoms with Crippen LogP contribution in [0.3, 0.4) is 0 Å². The SMILES string of the molecule is COc1cc2c(cc1OC)[C@H](C(=O)N1CCC(C)CC1)[C@H](c1cccs1)N(C)C2=O. The molecule has 7 heteroatoms. The third-order valence-electron chi connectivity index (χ3n) is 6.37. The van der Waals surface area contributed by atoms with Gasteiger partial charge in [-0.2, -0.15) is 0 Å². The van der Waals surface area contributed by atoms with Crippen LogP contribution in [0.4, 0.5) is 0 Å². The molecule has 2 aromatic rings. The second kappa shape index (κ2) is 8.30. The molecule has 0 N–H and O–H groups in total. The van der Waals surface area contributed by atoms with Gasteiger partial charge in [-0.25, -0.2) is 0 Å². The largest absolute Gasteiger partial charge is 0.493 e. The number of hydrogen-bond donors (Lipinski definition) is 0. The van der Waals surface area contributed by atoms with Gasteiger partial charge in [-0.1, -0.05) is 13.0 Å². The van der Waals surface area contributed by atoms with Crippen molar-refractivity contribution in [2.75, 3.05) is 34.4 Å². The number of nitrogens with zero attached hydrogens (tertiary/aromatic N) is 2. The quantitative estimate of drug-likeness (QED) is 0.740. The first-order valence-corrected chi connectivity index (χ1v) is 11.2. The second-order valence-electron chi connectivity index (χ2n) is 8.16. The van der Waals surface area contributed by atoms with E-state index in [0.717, 1.165) is 36.4 Å². The average Bonchev–Trinajstić information content (AvgIpc) is 3.29. The van der Waals surface area contributed by atoms with Gasteiger partial charge in [-0.05, 0) is 47.9 Å². The lowest BCUT2D eigenvalue weighted by Crippen LogP contribution is -2.48. The maximum absolute atomic E-state index is 13.9. The van der Waals surface area contributed by atoms with E-state index in [0.29, 0.717) is 23.0 Å². The summed E-state index contributed by atoms with van der Waals surface area (Å²) in [4.78, 5) is 31.8. The van der Waals surface area contributed by atoms with E-state index >= 15 is 0 Å². The molecule has 1 aromatic heterocycles. The average molecular weight is 429 g/mol. The van der Waals surface area contributed by atoms with Gasteiger partial charge in [0.05, 0.1) is 26.2 Å². The molecular weight excluding hydrogens is 400 g/mol. The number of methoxy groups -OCH3 is 2. The first-order chi connectivity index (χ1) is 14.5. The number of likely N-dealkylation sites (N-methyl/N-ethyl adjacent to an activating group) is 1. The lowest BCUT2D eigenvalue weighted by atomic mass is 9.80. The molecular formula is C23H28N2O4S. The molecule has 4 rings (SSSR count). The molecule has 1 saturated heterocycles. The van der Waals surface area contributed by atoms with Crippen molar-refractivity contribution in [3.63, 3.8) is 0 Å². The molecule has 160 valence electrons. The highest BCUT2D eigenvalue weighted by Gasteiger charge is 2.45. The monoisotopic (exact) mass is 428 g/mol. The van der Waals surface area contributed by atoms with Gasteiger partial charge in [-0.15, -0.1) is 11.3 Å². The topological polar surface area (TPSA) is 59.1 Å². The highest BCUT2D eigenvalue weighted by molar-refractivity contribution is 7.10. The molecule has 0 radical (unpaired) electrons. The number of hydrogen-bond acceptors (Lipinski definition) is 5. The van der Waals surface area contributed by atoms with E-state index in [1.165, 1.54) is 0 Å². The van der Waals surface area contributed by atoms with Crippen LogP contribution in [0.1, 0.15) is 52.5 Å². The van der Waals surface area contributed by atoms with E-state index in [9.17, 15) is 9.59 Å². The number of amides is 2. The van der Waals surface area contributed by atoms with Crippen molar-refractivity contribution >= 4 is 23.2 Å². The van der Waals surface area contributed by atoms with Crippen molar-refractivity contribution < 1.29 is 19.1 Å². The Morgan fingerprint density at radius 3 is 2.40 bits per heavy atom. The molecule has 2 amide bonds. The van der Waals surface area contributed by atoms with Gasteiger partial charge in [0.2, 0.25) is 5.91 Å². The van der Waals surface area contributed by atoms with E-state index in [1.54, 1.807) is 43.6 Å². The summed E-state index contributed by atoms with van der Waals surface area (Å²) in [7, 11) is 4.90. The summed E-state index contributed by atoms with van der Waals surface area (Å²) >= 11 is 1.58. The van der Waals surface area contributed by atoms with Gasteiger partial charge in [0.15, 0.2) is 11.5 Å². The number of ether oxygens (including phenoxy) is 2. The van der Waals surface area contributed by atoms with E-state index in [2.05, 4.69) is 6.92 Å². The summed E-state index contributed by atoms with van der Waals surface area (Å²) in [6.45, 7) is 3.75. The van der Waals surface area contributed by atoms with E-state index in [4.69, 9.17) is 9.47 Å². The fourth-order valence-electron chi connectivity index (χ4n) is 4.56. The molecule has 0 bridgehead atoms. The van der Waals surface area contributed by atoms with Gasteiger partial charge in [0.1, 0.15) is 0 Å². The molecule has 2 aliphatic rings. The van der Waals surface area contributed by atoms with Crippen LogP contribution in [0.25, 0.3) is 0 Å². The van der Waals surface area contributed by atoms with Gasteiger partial charge in [0, 0.05) is 30.6 Å². The molecule has 2 atom stereocenters. The number of carbonyl (C=O) groups is 2. The number of benzene rings is 1. The van der Waals surface area contributed by atoms with Crippen LogP contribution in [-0.4, -0.2) is 56.0 Å². The zero-order valence-corrected chi connectivity index (χ0v) is 18.7. The van der Waals surface area contributed by atoms with Crippen LogP contribution in [0.5, 0.6) is 11.5 Å². The van der Waals surface area contributed by atoms with Gasteiger partial charge < -0.3 is 19.3 Å².